The maximum Gasteiger partial charge on any atom is 0.0760 e. The third-order valence-electron chi connectivity index (χ3n) is 4.08. The highest BCUT2D eigenvalue weighted by atomic mass is 16.3. The lowest BCUT2D eigenvalue weighted by Gasteiger charge is -2.48. The van der Waals surface area contributed by atoms with Gasteiger partial charge in [0.25, 0.3) is 0 Å². The Hall–Kier alpha value is -0.930. The molecular formula is C13H18N2O. The van der Waals surface area contributed by atoms with Crippen molar-refractivity contribution in [2.45, 2.75) is 49.7 Å². The molecule has 3 N–H and O–H groups in total. The monoisotopic (exact) mass is 218 g/mol. The molecule has 0 saturated heterocycles. The molecule has 3 nitrogen and oxygen atoms in total. The molecule has 3 heteroatoms. The zero-order valence-corrected chi connectivity index (χ0v) is 9.39. The van der Waals surface area contributed by atoms with Crippen LogP contribution < -0.4 is 5.73 Å². The van der Waals surface area contributed by atoms with Gasteiger partial charge in [0.2, 0.25) is 0 Å². The third kappa shape index (κ3) is 1.46. The summed E-state index contributed by atoms with van der Waals surface area (Å²) in [6, 6.07) is 4.30. The summed E-state index contributed by atoms with van der Waals surface area (Å²) in [7, 11) is 0. The van der Waals surface area contributed by atoms with E-state index in [0.29, 0.717) is 0 Å². The van der Waals surface area contributed by atoms with Gasteiger partial charge in [0.1, 0.15) is 0 Å². The molecule has 0 aliphatic heterocycles. The largest absolute Gasteiger partial charge is 0.389 e. The van der Waals surface area contributed by atoms with Crippen molar-refractivity contribution in [3.05, 3.63) is 29.6 Å². The number of aliphatic hydroxyl groups is 1. The van der Waals surface area contributed by atoms with Gasteiger partial charge in [-0.05, 0) is 43.7 Å². The Bertz CT molecular complexity index is 399. The first-order valence-corrected chi connectivity index (χ1v) is 6.11. The molecule has 3 rings (SSSR count). The number of hydrogen-bond acceptors (Lipinski definition) is 3. The summed E-state index contributed by atoms with van der Waals surface area (Å²) < 4.78 is 0. The van der Waals surface area contributed by atoms with Crippen LogP contribution in [0.25, 0.3) is 0 Å². The number of rotatable bonds is 1. The Labute approximate surface area is 95.7 Å². The van der Waals surface area contributed by atoms with Crippen LogP contribution >= 0.6 is 0 Å². The van der Waals surface area contributed by atoms with Crippen molar-refractivity contribution in [2.75, 3.05) is 0 Å². The summed E-state index contributed by atoms with van der Waals surface area (Å²) in [6.45, 7) is 0. The maximum absolute atomic E-state index is 10.5. The molecule has 2 aliphatic rings. The van der Waals surface area contributed by atoms with Crippen LogP contribution in [0.15, 0.2) is 18.3 Å². The highest BCUT2D eigenvalue weighted by Gasteiger charge is 2.48. The van der Waals surface area contributed by atoms with Crippen LogP contribution in [0.1, 0.15) is 42.9 Å². The molecule has 0 bridgehead atoms. The van der Waals surface area contributed by atoms with Crippen molar-refractivity contribution >= 4 is 0 Å². The van der Waals surface area contributed by atoms with Crippen molar-refractivity contribution in [3.63, 3.8) is 0 Å². The standard InChI is InChI=1S/C13H18N2O/c14-10-7-13(16,8-10)11-5-1-3-9-4-2-6-15-12(9)11/h2,4,6,10-11,16H,1,3,5,7-8,14H2. The summed E-state index contributed by atoms with van der Waals surface area (Å²) in [5, 5.41) is 10.5. The second-order valence-electron chi connectivity index (χ2n) is 5.26. The number of hydrogen-bond donors (Lipinski definition) is 2. The molecule has 1 aromatic heterocycles. The Morgan fingerprint density at radius 3 is 3.00 bits per heavy atom. The molecule has 1 fully saturated rings. The van der Waals surface area contributed by atoms with E-state index in [1.165, 1.54) is 5.56 Å². The minimum atomic E-state index is -0.580. The number of fused-ring (bicyclic) bond motifs is 1. The Balaban J connectivity index is 1.93. The topological polar surface area (TPSA) is 59.1 Å². The molecule has 0 radical (unpaired) electrons. The van der Waals surface area contributed by atoms with Crippen molar-refractivity contribution in [1.82, 2.24) is 4.98 Å². The molecule has 1 heterocycles. The number of nitrogens with zero attached hydrogens (tertiary/aromatic N) is 1. The number of aromatic nitrogens is 1. The molecule has 0 spiro atoms. The second kappa shape index (κ2) is 3.54. The Kier molecular flexibility index (Phi) is 2.26. The first-order valence-electron chi connectivity index (χ1n) is 6.11. The van der Waals surface area contributed by atoms with Gasteiger partial charge in [0.15, 0.2) is 0 Å². The number of aryl methyl sites for hydroxylation is 1. The lowest BCUT2D eigenvalue weighted by molar-refractivity contribution is -0.0741. The van der Waals surface area contributed by atoms with Crippen LogP contribution in [-0.2, 0) is 6.42 Å². The van der Waals surface area contributed by atoms with Crippen molar-refractivity contribution in [1.29, 1.82) is 0 Å². The highest BCUT2D eigenvalue weighted by Crippen LogP contribution is 2.47. The van der Waals surface area contributed by atoms with Gasteiger partial charge in [-0.15, -0.1) is 0 Å². The fourth-order valence-corrected chi connectivity index (χ4v) is 3.27. The van der Waals surface area contributed by atoms with Crippen LogP contribution in [0, 0.1) is 0 Å². The maximum atomic E-state index is 10.5. The lowest BCUT2D eigenvalue weighted by Crippen LogP contribution is -2.55. The quantitative estimate of drug-likeness (QED) is 0.748. The van der Waals surface area contributed by atoms with Gasteiger partial charge in [0.05, 0.1) is 5.60 Å². The van der Waals surface area contributed by atoms with Crippen molar-refractivity contribution in [3.8, 4) is 0 Å². The predicted molar refractivity (Wildman–Crippen MR) is 62.1 cm³/mol. The van der Waals surface area contributed by atoms with Gasteiger partial charge in [-0.2, -0.15) is 0 Å². The molecule has 0 amide bonds. The van der Waals surface area contributed by atoms with E-state index in [9.17, 15) is 5.11 Å². The molecule has 86 valence electrons. The summed E-state index contributed by atoms with van der Waals surface area (Å²) in [4.78, 5) is 4.47. The smallest absolute Gasteiger partial charge is 0.0760 e. The van der Waals surface area contributed by atoms with E-state index in [-0.39, 0.29) is 12.0 Å². The molecule has 1 saturated carbocycles. The summed E-state index contributed by atoms with van der Waals surface area (Å²) in [5.74, 6) is 0.206. The first-order chi connectivity index (χ1) is 7.69. The minimum absolute atomic E-state index is 0.180. The summed E-state index contributed by atoms with van der Waals surface area (Å²) >= 11 is 0. The fourth-order valence-electron chi connectivity index (χ4n) is 3.27. The van der Waals surface area contributed by atoms with Crippen LogP contribution in [-0.4, -0.2) is 21.7 Å². The van der Waals surface area contributed by atoms with E-state index in [1.807, 2.05) is 12.3 Å². The number of pyridine rings is 1. The normalized spacial score (nSPS) is 37.6. The zero-order valence-electron chi connectivity index (χ0n) is 9.39. The minimum Gasteiger partial charge on any atom is -0.389 e. The van der Waals surface area contributed by atoms with Gasteiger partial charge >= 0.3 is 0 Å². The number of nitrogens with two attached hydrogens (primary N) is 1. The van der Waals surface area contributed by atoms with E-state index >= 15 is 0 Å². The van der Waals surface area contributed by atoms with Gasteiger partial charge in [-0.25, -0.2) is 0 Å². The molecule has 1 aromatic rings. The second-order valence-corrected chi connectivity index (χ2v) is 5.26. The third-order valence-corrected chi connectivity index (χ3v) is 4.08. The van der Waals surface area contributed by atoms with Gasteiger partial charge < -0.3 is 10.8 Å². The van der Waals surface area contributed by atoms with Gasteiger partial charge in [0, 0.05) is 23.9 Å². The SMILES string of the molecule is NC1CC(O)(C2CCCc3cccnc32)C1. The van der Waals surface area contributed by atoms with Crippen molar-refractivity contribution in [2.24, 2.45) is 5.73 Å². The Morgan fingerprint density at radius 1 is 1.44 bits per heavy atom. The van der Waals surface area contributed by atoms with Gasteiger partial charge in [-0.1, -0.05) is 6.07 Å². The molecule has 0 aromatic carbocycles. The average Bonchev–Trinajstić information content (AvgIpc) is 2.26. The van der Waals surface area contributed by atoms with E-state index in [0.717, 1.165) is 37.8 Å². The van der Waals surface area contributed by atoms with Crippen LogP contribution in [0.4, 0.5) is 0 Å². The van der Waals surface area contributed by atoms with E-state index in [1.54, 1.807) is 0 Å². The summed E-state index contributed by atoms with van der Waals surface area (Å²) in [6.07, 6.45) is 6.59. The van der Waals surface area contributed by atoms with Crippen LogP contribution in [0.2, 0.25) is 0 Å². The zero-order chi connectivity index (χ0) is 11.2. The first kappa shape index (κ1) is 10.2. The summed E-state index contributed by atoms with van der Waals surface area (Å²) in [5.41, 5.74) is 7.65. The molecule has 16 heavy (non-hydrogen) atoms. The highest BCUT2D eigenvalue weighted by molar-refractivity contribution is 5.30. The van der Waals surface area contributed by atoms with E-state index < -0.39 is 5.60 Å². The van der Waals surface area contributed by atoms with Crippen molar-refractivity contribution < 1.29 is 5.11 Å². The molecular weight excluding hydrogens is 200 g/mol. The van der Waals surface area contributed by atoms with E-state index in [2.05, 4.69) is 11.1 Å². The fraction of sp³-hybridized carbons (Fsp3) is 0.615. The predicted octanol–water partition coefficient (Wildman–Crippen LogP) is 1.35. The Morgan fingerprint density at radius 2 is 2.25 bits per heavy atom. The van der Waals surface area contributed by atoms with Crippen LogP contribution in [0.3, 0.4) is 0 Å². The van der Waals surface area contributed by atoms with Gasteiger partial charge in [-0.3, -0.25) is 4.98 Å². The van der Waals surface area contributed by atoms with Crippen LogP contribution in [0.5, 0.6) is 0 Å². The molecule has 2 aliphatic carbocycles. The lowest BCUT2D eigenvalue weighted by atomic mass is 9.63. The average molecular weight is 218 g/mol. The molecule has 1 atom stereocenters. The van der Waals surface area contributed by atoms with E-state index in [4.69, 9.17) is 5.73 Å². The molecule has 1 unspecified atom stereocenters.